The molecule has 0 radical (unpaired) electrons. The molecule has 1 aliphatic rings. The predicted octanol–water partition coefficient (Wildman–Crippen LogP) is 0.734. The Kier molecular flexibility index (Phi) is 4.06. The average Bonchev–Trinajstić information content (AvgIpc) is 2.34. The molecule has 0 aliphatic carbocycles. The van der Waals surface area contributed by atoms with Crippen LogP contribution in [0, 0.1) is 0 Å². The Morgan fingerprint density at radius 3 is 2.92 bits per heavy atom. The maximum atomic E-state index is 10.6. The molecule has 76 valence electrons. The zero-order valence-corrected chi connectivity index (χ0v) is 9.06. The topological polar surface area (TPSA) is 55.1 Å². The first-order valence-electron chi connectivity index (χ1n) is 4.75. The highest BCUT2D eigenvalue weighted by Gasteiger charge is 2.25. The first-order valence-corrected chi connectivity index (χ1v) is 5.80. The molecule has 3 atom stereocenters. The molecule has 4 heteroatoms. The standard InChI is InChI=1S/C9H18N2OS/c1-6(5-9(10)12)11-8-3-4-13-7(8)2/h6-8,11H,3-5H2,1-2H3,(H2,10,12). The molecule has 0 spiro atoms. The van der Waals surface area contributed by atoms with Crippen LogP contribution in [-0.4, -0.2) is 29.0 Å². The van der Waals surface area contributed by atoms with Crippen LogP contribution >= 0.6 is 11.8 Å². The van der Waals surface area contributed by atoms with Crippen LogP contribution in [0.5, 0.6) is 0 Å². The molecule has 1 saturated heterocycles. The Balaban J connectivity index is 2.26. The summed E-state index contributed by atoms with van der Waals surface area (Å²) in [4.78, 5) is 10.6. The van der Waals surface area contributed by atoms with Gasteiger partial charge in [0.15, 0.2) is 0 Å². The van der Waals surface area contributed by atoms with Crippen molar-refractivity contribution in [3.05, 3.63) is 0 Å². The third-order valence-corrected chi connectivity index (χ3v) is 3.71. The highest BCUT2D eigenvalue weighted by molar-refractivity contribution is 8.00. The van der Waals surface area contributed by atoms with Gasteiger partial charge in [0.1, 0.15) is 0 Å². The summed E-state index contributed by atoms with van der Waals surface area (Å²) in [5.74, 6) is 1.00. The number of nitrogens with one attached hydrogen (secondary N) is 1. The van der Waals surface area contributed by atoms with E-state index in [0.29, 0.717) is 17.7 Å². The molecule has 0 aromatic carbocycles. The lowest BCUT2D eigenvalue weighted by molar-refractivity contribution is -0.118. The molecule has 0 aromatic rings. The third-order valence-electron chi connectivity index (χ3n) is 2.38. The van der Waals surface area contributed by atoms with Crippen molar-refractivity contribution in [1.82, 2.24) is 5.32 Å². The smallest absolute Gasteiger partial charge is 0.218 e. The van der Waals surface area contributed by atoms with E-state index in [9.17, 15) is 4.79 Å². The van der Waals surface area contributed by atoms with E-state index in [-0.39, 0.29) is 11.9 Å². The van der Waals surface area contributed by atoms with Crippen LogP contribution < -0.4 is 11.1 Å². The minimum atomic E-state index is -0.224. The monoisotopic (exact) mass is 202 g/mol. The van der Waals surface area contributed by atoms with Gasteiger partial charge in [0.05, 0.1) is 0 Å². The molecule has 1 amide bonds. The molecule has 1 heterocycles. The van der Waals surface area contributed by atoms with E-state index < -0.39 is 0 Å². The largest absolute Gasteiger partial charge is 0.370 e. The second-order valence-corrected chi connectivity index (χ2v) is 5.19. The number of nitrogens with two attached hydrogens (primary N) is 1. The Labute approximate surface area is 83.8 Å². The van der Waals surface area contributed by atoms with Crippen LogP contribution in [0.25, 0.3) is 0 Å². The van der Waals surface area contributed by atoms with Crippen molar-refractivity contribution in [3.8, 4) is 0 Å². The van der Waals surface area contributed by atoms with Crippen molar-refractivity contribution in [2.24, 2.45) is 5.73 Å². The van der Waals surface area contributed by atoms with Crippen molar-refractivity contribution >= 4 is 17.7 Å². The maximum absolute atomic E-state index is 10.6. The first kappa shape index (κ1) is 10.9. The maximum Gasteiger partial charge on any atom is 0.218 e. The number of rotatable bonds is 4. The van der Waals surface area contributed by atoms with Crippen LogP contribution in [0.15, 0.2) is 0 Å². The zero-order chi connectivity index (χ0) is 9.84. The van der Waals surface area contributed by atoms with Gasteiger partial charge in [0.2, 0.25) is 5.91 Å². The molecule has 1 fully saturated rings. The van der Waals surface area contributed by atoms with E-state index in [1.807, 2.05) is 18.7 Å². The number of hydrogen-bond acceptors (Lipinski definition) is 3. The number of primary amides is 1. The number of carbonyl (C=O) groups is 1. The molecule has 0 saturated carbocycles. The lowest BCUT2D eigenvalue weighted by Gasteiger charge is -2.21. The molecule has 1 aliphatic heterocycles. The molecular formula is C9H18N2OS. The Bertz CT molecular complexity index is 186. The molecule has 3 unspecified atom stereocenters. The van der Waals surface area contributed by atoms with Crippen LogP contribution in [0.4, 0.5) is 0 Å². The van der Waals surface area contributed by atoms with Gasteiger partial charge in [-0.2, -0.15) is 11.8 Å². The van der Waals surface area contributed by atoms with Crippen LogP contribution in [0.1, 0.15) is 26.7 Å². The SMILES string of the molecule is CC(CC(N)=O)NC1CCSC1C. The van der Waals surface area contributed by atoms with Crippen molar-refractivity contribution < 1.29 is 4.79 Å². The Hall–Kier alpha value is -0.220. The van der Waals surface area contributed by atoms with Gasteiger partial charge in [0.25, 0.3) is 0 Å². The summed E-state index contributed by atoms with van der Waals surface area (Å²) < 4.78 is 0. The third kappa shape index (κ3) is 3.56. The molecule has 3 N–H and O–H groups in total. The fourth-order valence-electron chi connectivity index (χ4n) is 1.68. The predicted molar refractivity (Wildman–Crippen MR) is 56.7 cm³/mol. The van der Waals surface area contributed by atoms with Gasteiger partial charge >= 0.3 is 0 Å². The summed E-state index contributed by atoms with van der Waals surface area (Å²) in [6.07, 6.45) is 1.64. The average molecular weight is 202 g/mol. The van der Waals surface area contributed by atoms with Crippen LogP contribution in [0.2, 0.25) is 0 Å². The number of thioether (sulfide) groups is 1. The quantitative estimate of drug-likeness (QED) is 0.707. The number of amides is 1. The normalized spacial score (nSPS) is 30.3. The summed E-state index contributed by atoms with van der Waals surface area (Å²) in [6.45, 7) is 4.24. The number of hydrogen-bond donors (Lipinski definition) is 2. The van der Waals surface area contributed by atoms with E-state index in [0.717, 1.165) is 0 Å². The molecule has 3 nitrogen and oxygen atoms in total. The van der Waals surface area contributed by atoms with Crippen molar-refractivity contribution in [2.45, 2.75) is 44.0 Å². The van der Waals surface area contributed by atoms with E-state index in [4.69, 9.17) is 5.73 Å². The molecule has 0 aromatic heterocycles. The van der Waals surface area contributed by atoms with E-state index in [1.54, 1.807) is 0 Å². The van der Waals surface area contributed by atoms with Crippen molar-refractivity contribution in [3.63, 3.8) is 0 Å². The molecular weight excluding hydrogens is 184 g/mol. The Morgan fingerprint density at radius 1 is 1.77 bits per heavy atom. The van der Waals surface area contributed by atoms with Crippen molar-refractivity contribution in [2.75, 3.05) is 5.75 Å². The number of carbonyl (C=O) groups excluding carboxylic acids is 1. The first-order chi connectivity index (χ1) is 6.09. The molecule has 0 bridgehead atoms. The Morgan fingerprint density at radius 2 is 2.46 bits per heavy atom. The highest BCUT2D eigenvalue weighted by Crippen LogP contribution is 2.26. The van der Waals surface area contributed by atoms with Gasteiger partial charge in [-0.3, -0.25) is 4.79 Å². The van der Waals surface area contributed by atoms with Gasteiger partial charge < -0.3 is 11.1 Å². The minimum absolute atomic E-state index is 0.212. The molecule has 1 rings (SSSR count). The lowest BCUT2D eigenvalue weighted by atomic mass is 10.1. The van der Waals surface area contributed by atoms with Gasteiger partial charge in [-0.05, 0) is 19.1 Å². The van der Waals surface area contributed by atoms with E-state index in [1.165, 1.54) is 12.2 Å². The lowest BCUT2D eigenvalue weighted by Crippen LogP contribution is -2.41. The second-order valence-electron chi connectivity index (χ2n) is 3.71. The fraction of sp³-hybridized carbons (Fsp3) is 0.889. The second kappa shape index (κ2) is 4.86. The van der Waals surface area contributed by atoms with Gasteiger partial charge in [-0.15, -0.1) is 0 Å². The van der Waals surface area contributed by atoms with E-state index in [2.05, 4.69) is 12.2 Å². The summed E-state index contributed by atoms with van der Waals surface area (Å²) in [5.41, 5.74) is 5.12. The fourth-order valence-corrected chi connectivity index (χ4v) is 2.89. The van der Waals surface area contributed by atoms with Gasteiger partial charge in [-0.25, -0.2) is 0 Å². The van der Waals surface area contributed by atoms with E-state index >= 15 is 0 Å². The molecule has 13 heavy (non-hydrogen) atoms. The zero-order valence-electron chi connectivity index (χ0n) is 8.25. The summed E-state index contributed by atoms with van der Waals surface area (Å²) in [7, 11) is 0. The summed E-state index contributed by atoms with van der Waals surface area (Å²) in [6, 6.07) is 0.767. The summed E-state index contributed by atoms with van der Waals surface area (Å²) in [5, 5.41) is 4.10. The van der Waals surface area contributed by atoms with Gasteiger partial charge in [0, 0.05) is 23.8 Å². The summed E-state index contributed by atoms with van der Waals surface area (Å²) >= 11 is 1.99. The van der Waals surface area contributed by atoms with Crippen molar-refractivity contribution in [1.29, 1.82) is 0 Å². The highest BCUT2D eigenvalue weighted by atomic mass is 32.2. The van der Waals surface area contributed by atoms with Crippen LogP contribution in [0.3, 0.4) is 0 Å². The minimum Gasteiger partial charge on any atom is -0.370 e. The van der Waals surface area contributed by atoms with Crippen LogP contribution in [-0.2, 0) is 4.79 Å². The van der Waals surface area contributed by atoms with Gasteiger partial charge in [-0.1, -0.05) is 6.92 Å².